The first-order valence-electron chi connectivity index (χ1n) is 9.11. The fourth-order valence-electron chi connectivity index (χ4n) is 2.92. The van der Waals surface area contributed by atoms with Crippen molar-refractivity contribution in [2.75, 3.05) is 27.5 Å². The van der Waals surface area contributed by atoms with Gasteiger partial charge in [0, 0.05) is 26.1 Å². The fourth-order valence-corrected chi connectivity index (χ4v) is 2.92. The summed E-state index contributed by atoms with van der Waals surface area (Å²) in [6.45, 7) is 2.91. The van der Waals surface area contributed by atoms with Crippen LogP contribution in [0.15, 0.2) is 41.5 Å². The van der Waals surface area contributed by atoms with Crippen LogP contribution in [-0.2, 0) is 17.8 Å². The molecule has 3 rings (SSSR count). The van der Waals surface area contributed by atoms with Crippen LogP contribution < -0.4 is 19.6 Å². The second-order valence-corrected chi connectivity index (χ2v) is 6.49. The van der Waals surface area contributed by atoms with Crippen LogP contribution in [0.5, 0.6) is 17.2 Å². The molecule has 0 saturated heterocycles. The van der Waals surface area contributed by atoms with Gasteiger partial charge in [0.2, 0.25) is 18.4 Å². The van der Waals surface area contributed by atoms with Crippen molar-refractivity contribution in [3.63, 3.8) is 0 Å². The van der Waals surface area contributed by atoms with Crippen LogP contribution in [0, 0.1) is 0 Å². The average Bonchev–Trinajstić information content (AvgIpc) is 3.17. The molecule has 148 valence electrons. The van der Waals surface area contributed by atoms with E-state index in [4.69, 9.17) is 14.2 Å². The zero-order valence-corrected chi connectivity index (χ0v) is 16.4. The number of hydrogen-bond acceptors (Lipinski definition) is 6. The van der Waals surface area contributed by atoms with Crippen molar-refractivity contribution in [1.29, 1.82) is 0 Å². The van der Waals surface area contributed by atoms with Crippen LogP contribution in [0.1, 0.15) is 23.6 Å². The number of benzene rings is 2. The molecule has 1 heterocycles. The van der Waals surface area contributed by atoms with Gasteiger partial charge in [-0.3, -0.25) is 4.79 Å². The Bertz CT molecular complexity index is 852. The normalized spacial score (nSPS) is 12.2. The van der Waals surface area contributed by atoms with Crippen molar-refractivity contribution in [1.82, 2.24) is 10.3 Å². The molecule has 0 fully saturated rings. The third-order valence-corrected chi connectivity index (χ3v) is 4.61. The number of amides is 1. The third-order valence-electron chi connectivity index (χ3n) is 4.61. The Labute approximate surface area is 164 Å². The highest BCUT2D eigenvalue weighted by molar-refractivity contribution is 5.88. The van der Waals surface area contributed by atoms with Gasteiger partial charge in [-0.25, -0.2) is 0 Å². The molecule has 1 aliphatic rings. The van der Waals surface area contributed by atoms with Gasteiger partial charge < -0.3 is 24.5 Å². The molecular weight excluding hydrogens is 358 g/mol. The van der Waals surface area contributed by atoms with Crippen LogP contribution in [0.2, 0.25) is 0 Å². The fraction of sp³-hybridized carbons (Fsp3) is 0.333. The van der Waals surface area contributed by atoms with Gasteiger partial charge in [-0.2, -0.15) is 5.10 Å². The Balaban J connectivity index is 1.82. The van der Waals surface area contributed by atoms with E-state index in [0.717, 1.165) is 16.7 Å². The van der Waals surface area contributed by atoms with Crippen LogP contribution in [0.4, 0.5) is 0 Å². The summed E-state index contributed by atoms with van der Waals surface area (Å²) in [6.07, 6.45) is 2.37. The van der Waals surface area contributed by atoms with E-state index in [1.165, 1.54) is 0 Å². The molecule has 2 aromatic carbocycles. The lowest BCUT2D eigenvalue weighted by Gasteiger charge is -2.17. The van der Waals surface area contributed by atoms with Crippen LogP contribution in [0.25, 0.3) is 0 Å². The topological polar surface area (TPSA) is 72.4 Å². The third kappa shape index (κ3) is 4.54. The number of hydrazone groups is 1. The zero-order valence-electron chi connectivity index (χ0n) is 16.4. The minimum absolute atomic E-state index is 0.0208. The van der Waals surface area contributed by atoms with Gasteiger partial charge in [-0.05, 0) is 23.6 Å². The maximum Gasteiger partial charge on any atom is 0.231 e. The summed E-state index contributed by atoms with van der Waals surface area (Å²) in [4.78, 5) is 13.2. The molecule has 0 aliphatic carbocycles. The summed E-state index contributed by atoms with van der Waals surface area (Å²) >= 11 is 0. The number of nitrogens with zero attached hydrogens (tertiary/aromatic N) is 2. The number of methoxy groups -OCH3 is 1. The van der Waals surface area contributed by atoms with Gasteiger partial charge in [0.15, 0.2) is 11.5 Å². The zero-order chi connectivity index (χ0) is 19.9. The van der Waals surface area contributed by atoms with E-state index >= 15 is 0 Å². The van der Waals surface area contributed by atoms with Crippen molar-refractivity contribution in [2.24, 2.45) is 5.10 Å². The molecule has 0 bridgehead atoms. The monoisotopic (exact) mass is 383 g/mol. The van der Waals surface area contributed by atoms with E-state index in [0.29, 0.717) is 36.8 Å². The van der Waals surface area contributed by atoms with Crippen molar-refractivity contribution in [3.8, 4) is 17.2 Å². The number of nitrogens with one attached hydrogen (secondary N) is 1. The number of fused-ring (bicyclic) bond motifs is 1. The SMILES string of the molecule is COc1c(C=NNCc2ccccc2)c(CCN(C)C(C)=O)cc2c1OCO2. The number of hydrogen-bond donors (Lipinski definition) is 1. The van der Waals surface area contributed by atoms with Gasteiger partial charge in [0.05, 0.1) is 19.9 Å². The molecule has 2 aromatic rings. The Morgan fingerprint density at radius 2 is 2.11 bits per heavy atom. The van der Waals surface area contributed by atoms with E-state index in [1.807, 2.05) is 36.4 Å². The predicted octanol–water partition coefficient (Wildman–Crippen LogP) is 2.57. The number of likely N-dealkylation sites (N-methyl/N-ethyl adjacent to an activating group) is 1. The number of rotatable bonds is 8. The highest BCUT2D eigenvalue weighted by Crippen LogP contribution is 2.44. The molecule has 1 N–H and O–H groups in total. The van der Waals surface area contributed by atoms with Gasteiger partial charge in [-0.15, -0.1) is 0 Å². The van der Waals surface area contributed by atoms with Gasteiger partial charge in [0.1, 0.15) is 0 Å². The molecule has 0 saturated carbocycles. The van der Waals surface area contributed by atoms with Crippen LogP contribution in [0.3, 0.4) is 0 Å². The van der Waals surface area contributed by atoms with E-state index in [-0.39, 0.29) is 12.7 Å². The molecule has 0 unspecified atom stereocenters. The summed E-state index contributed by atoms with van der Waals surface area (Å²) in [5.41, 5.74) is 5.98. The summed E-state index contributed by atoms with van der Waals surface area (Å²) in [5, 5.41) is 4.36. The van der Waals surface area contributed by atoms with Crippen LogP contribution >= 0.6 is 0 Å². The Hall–Kier alpha value is -3.22. The van der Waals surface area contributed by atoms with Gasteiger partial charge in [0.25, 0.3) is 0 Å². The predicted molar refractivity (Wildman–Crippen MR) is 107 cm³/mol. The quantitative estimate of drug-likeness (QED) is 0.560. The molecule has 7 heteroatoms. The number of carbonyl (C=O) groups excluding carboxylic acids is 1. The molecule has 7 nitrogen and oxygen atoms in total. The summed E-state index contributed by atoms with van der Waals surface area (Å²) in [6, 6.07) is 12.0. The Kier molecular flexibility index (Phi) is 6.37. The van der Waals surface area contributed by atoms with E-state index in [1.54, 1.807) is 32.2 Å². The maximum atomic E-state index is 11.5. The first-order chi connectivity index (χ1) is 13.6. The summed E-state index contributed by atoms with van der Waals surface area (Å²) in [7, 11) is 3.37. The average molecular weight is 383 g/mol. The van der Waals surface area contributed by atoms with Crippen LogP contribution in [-0.4, -0.2) is 44.5 Å². The minimum atomic E-state index is 0.0208. The smallest absolute Gasteiger partial charge is 0.231 e. The molecule has 1 amide bonds. The van der Waals surface area contributed by atoms with Crippen molar-refractivity contribution >= 4 is 12.1 Å². The molecule has 0 radical (unpaired) electrons. The van der Waals surface area contributed by atoms with Gasteiger partial charge >= 0.3 is 0 Å². The summed E-state index contributed by atoms with van der Waals surface area (Å²) in [5.74, 6) is 1.83. The largest absolute Gasteiger partial charge is 0.492 e. The highest BCUT2D eigenvalue weighted by Gasteiger charge is 2.24. The van der Waals surface area contributed by atoms with Crippen molar-refractivity contribution < 1.29 is 19.0 Å². The molecule has 1 aliphatic heterocycles. The molecular formula is C21H25N3O4. The first kappa shape index (κ1) is 19.5. The Morgan fingerprint density at radius 1 is 1.32 bits per heavy atom. The number of carbonyl (C=O) groups is 1. The second-order valence-electron chi connectivity index (χ2n) is 6.49. The number of ether oxygens (including phenoxy) is 3. The van der Waals surface area contributed by atoms with E-state index < -0.39 is 0 Å². The van der Waals surface area contributed by atoms with Crippen molar-refractivity contribution in [3.05, 3.63) is 53.1 Å². The Morgan fingerprint density at radius 3 is 2.82 bits per heavy atom. The van der Waals surface area contributed by atoms with Crippen molar-refractivity contribution in [2.45, 2.75) is 19.9 Å². The minimum Gasteiger partial charge on any atom is -0.492 e. The lowest BCUT2D eigenvalue weighted by molar-refractivity contribution is -0.127. The molecule has 0 spiro atoms. The molecule has 0 aromatic heterocycles. The highest BCUT2D eigenvalue weighted by atomic mass is 16.7. The van der Waals surface area contributed by atoms with Gasteiger partial charge in [-0.1, -0.05) is 30.3 Å². The second kappa shape index (κ2) is 9.12. The first-order valence-corrected chi connectivity index (χ1v) is 9.11. The van der Waals surface area contributed by atoms with E-state index in [9.17, 15) is 4.79 Å². The molecule has 0 atom stereocenters. The van der Waals surface area contributed by atoms with E-state index in [2.05, 4.69) is 10.5 Å². The maximum absolute atomic E-state index is 11.5. The lowest BCUT2D eigenvalue weighted by atomic mass is 10.0. The lowest BCUT2D eigenvalue weighted by Crippen LogP contribution is -2.26. The summed E-state index contributed by atoms with van der Waals surface area (Å²) < 4.78 is 16.7. The molecule has 28 heavy (non-hydrogen) atoms. The standard InChI is InChI=1S/C21H25N3O4/c1-15(25)24(2)10-9-17-11-19-21(28-14-27-19)20(26-3)18(17)13-23-22-12-16-7-5-4-6-8-16/h4-8,11,13,22H,9-10,12,14H2,1-3H3.